The summed E-state index contributed by atoms with van der Waals surface area (Å²) in [5, 5.41) is 8.74. The molecule has 0 aliphatic heterocycles. The normalized spacial score (nSPS) is 10.5. The molecule has 3 N–H and O–H groups in total. The molecule has 1 heterocycles. The van der Waals surface area contributed by atoms with E-state index in [1.807, 2.05) is 6.07 Å². The smallest absolute Gasteiger partial charge is 0.246 e. The highest BCUT2D eigenvalue weighted by Gasteiger charge is 2.09. The lowest BCUT2D eigenvalue weighted by molar-refractivity contribution is 0.559. The third kappa shape index (κ3) is 2.53. The molecule has 0 aliphatic rings. The number of anilines is 1. The van der Waals surface area contributed by atoms with Gasteiger partial charge < -0.3 is 4.42 Å². The summed E-state index contributed by atoms with van der Waals surface area (Å²) in [7, 11) is 0. The first kappa shape index (κ1) is 11.8. The van der Waals surface area contributed by atoms with Crippen molar-refractivity contribution in [2.45, 2.75) is 0 Å². The highest BCUT2D eigenvalue weighted by atomic mass is 19.1. The Morgan fingerprint density at radius 1 is 1.33 bits per heavy atom. The van der Waals surface area contributed by atoms with Crippen molar-refractivity contribution in [1.29, 1.82) is 5.26 Å². The number of aromatic nitrogens is 1. The van der Waals surface area contributed by atoms with Crippen LogP contribution < -0.4 is 11.3 Å². The summed E-state index contributed by atoms with van der Waals surface area (Å²) in [6.07, 6.45) is 3.25. The molecule has 2 aromatic rings. The Kier molecular flexibility index (Phi) is 3.36. The van der Waals surface area contributed by atoms with Crippen LogP contribution in [0.2, 0.25) is 0 Å². The van der Waals surface area contributed by atoms with Crippen molar-refractivity contribution in [2.75, 3.05) is 5.43 Å². The van der Waals surface area contributed by atoms with Gasteiger partial charge in [0.05, 0.1) is 0 Å². The van der Waals surface area contributed by atoms with Crippen LogP contribution in [-0.4, -0.2) is 4.98 Å². The molecule has 6 heteroatoms. The molecule has 0 bridgehead atoms. The summed E-state index contributed by atoms with van der Waals surface area (Å²) < 4.78 is 17.9. The average Bonchev–Trinajstić information content (AvgIpc) is 2.80. The van der Waals surface area contributed by atoms with Gasteiger partial charge in [0.15, 0.2) is 0 Å². The fourth-order valence-electron chi connectivity index (χ4n) is 1.32. The van der Waals surface area contributed by atoms with E-state index in [1.165, 1.54) is 12.1 Å². The van der Waals surface area contributed by atoms with Crippen LogP contribution in [0.4, 0.5) is 10.3 Å². The Bertz CT molecular complexity index is 610. The van der Waals surface area contributed by atoms with Gasteiger partial charge in [-0.2, -0.15) is 10.2 Å². The van der Waals surface area contributed by atoms with E-state index < -0.39 is 0 Å². The lowest BCUT2D eigenvalue weighted by Crippen LogP contribution is -2.06. The van der Waals surface area contributed by atoms with Crippen molar-refractivity contribution in [3.8, 4) is 6.07 Å². The minimum atomic E-state index is -0.301. The van der Waals surface area contributed by atoms with Crippen molar-refractivity contribution in [1.82, 2.24) is 4.98 Å². The first-order valence-corrected chi connectivity index (χ1v) is 5.04. The van der Waals surface area contributed by atoms with E-state index in [2.05, 4.69) is 10.4 Å². The molecule has 1 aromatic heterocycles. The van der Waals surface area contributed by atoms with Gasteiger partial charge in [0.25, 0.3) is 0 Å². The van der Waals surface area contributed by atoms with Crippen molar-refractivity contribution < 1.29 is 8.81 Å². The molecule has 5 nitrogen and oxygen atoms in total. The van der Waals surface area contributed by atoms with E-state index in [4.69, 9.17) is 15.5 Å². The van der Waals surface area contributed by atoms with E-state index in [1.54, 1.807) is 24.3 Å². The fourth-order valence-corrected chi connectivity index (χ4v) is 1.32. The maximum atomic E-state index is 12.7. The van der Waals surface area contributed by atoms with Gasteiger partial charge in [-0.1, -0.05) is 12.1 Å². The van der Waals surface area contributed by atoms with Crippen LogP contribution >= 0.6 is 0 Å². The Morgan fingerprint density at radius 3 is 2.61 bits per heavy atom. The molecule has 0 amide bonds. The zero-order valence-electron chi connectivity index (χ0n) is 9.22. The van der Waals surface area contributed by atoms with Crippen molar-refractivity contribution in [3.63, 3.8) is 0 Å². The molecule has 90 valence electrons. The van der Waals surface area contributed by atoms with Crippen molar-refractivity contribution >= 4 is 18.0 Å². The van der Waals surface area contributed by atoms with Gasteiger partial charge in [-0.15, -0.1) is 0 Å². The van der Waals surface area contributed by atoms with Gasteiger partial charge in [0, 0.05) is 6.08 Å². The van der Waals surface area contributed by atoms with E-state index in [0.717, 1.165) is 5.56 Å². The molecule has 0 saturated heterocycles. The van der Waals surface area contributed by atoms with Gasteiger partial charge >= 0.3 is 0 Å². The molecule has 0 aliphatic carbocycles. The van der Waals surface area contributed by atoms with Gasteiger partial charge in [-0.25, -0.2) is 10.2 Å². The largest absolute Gasteiger partial charge is 0.419 e. The second-order valence-electron chi connectivity index (χ2n) is 3.37. The number of halogens is 1. The molecule has 0 radical (unpaired) electrons. The second-order valence-corrected chi connectivity index (χ2v) is 3.37. The number of hydrazine groups is 1. The lowest BCUT2D eigenvalue weighted by atomic mass is 10.2. The highest BCUT2D eigenvalue weighted by molar-refractivity contribution is 5.67. The van der Waals surface area contributed by atoms with Crippen LogP contribution in [0, 0.1) is 17.1 Å². The molecule has 18 heavy (non-hydrogen) atoms. The molecular weight excluding hydrogens is 235 g/mol. The maximum Gasteiger partial charge on any atom is 0.246 e. The number of nitrogens with two attached hydrogens (primary N) is 1. The third-order valence-corrected chi connectivity index (χ3v) is 2.17. The topological polar surface area (TPSA) is 87.9 Å². The summed E-state index contributed by atoms with van der Waals surface area (Å²) >= 11 is 0. The van der Waals surface area contributed by atoms with E-state index in [9.17, 15) is 4.39 Å². The molecule has 0 unspecified atom stereocenters. The molecule has 1 aromatic carbocycles. The number of rotatable bonds is 3. The summed E-state index contributed by atoms with van der Waals surface area (Å²) in [4.78, 5) is 3.90. The number of benzene rings is 1. The number of nitriles is 1. The van der Waals surface area contributed by atoms with Crippen LogP contribution in [0.15, 0.2) is 28.7 Å². The van der Waals surface area contributed by atoms with Gasteiger partial charge in [0.2, 0.25) is 17.5 Å². The summed E-state index contributed by atoms with van der Waals surface area (Å²) in [5.41, 5.74) is 3.10. The predicted molar refractivity (Wildman–Crippen MR) is 64.4 cm³/mol. The van der Waals surface area contributed by atoms with Crippen molar-refractivity contribution in [3.05, 3.63) is 47.2 Å². The van der Waals surface area contributed by atoms with Crippen LogP contribution in [0.25, 0.3) is 12.2 Å². The maximum absolute atomic E-state index is 12.7. The van der Waals surface area contributed by atoms with E-state index in [0.29, 0.717) is 0 Å². The molecule has 0 atom stereocenters. The lowest BCUT2D eigenvalue weighted by Gasteiger charge is -1.91. The second kappa shape index (κ2) is 5.12. The van der Waals surface area contributed by atoms with Gasteiger partial charge in [-0.05, 0) is 23.8 Å². The Morgan fingerprint density at radius 2 is 2.06 bits per heavy atom. The predicted octanol–water partition coefficient (Wildman–Crippen LogP) is 2.14. The number of nitrogen functional groups attached to an aromatic ring is 1. The van der Waals surface area contributed by atoms with Crippen molar-refractivity contribution in [2.24, 2.45) is 5.84 Å². The first-order chi connectivity index (χ1) is 8.72. The summed E-state index contributed by atoms with van der Waals surface area (Å²) in [6, 6.07) is 7.77. The third-order valence-electron chi connectivity index (χ3n) is 2.17. The molecule has 0 fully saturated rings. The van der Waals surface area contributed by atoms with Gasteiger partial charge in [0.1, 0.15) is 11.9 Å². The molecule has 2 rings (SSSR count). The summed E-state index contributed by atoms with van der Waals surface area (Å²) in [6.45, 7) is 0. The Balaban J connectivity index is 2.21. The van der Waals surface area contributed by atoms with Crippen LogP contribution in [0.3, 0.4) is 0 Å². The van der Waals surface area contributed by atoms with Crippen LogP contribution in [0.5, 0.6) is 0 Å². The highest BCUT2D eigenvalue weighted by Crippen LogP contribution is 2.17. The fraction of sp³-hybridized carbons (Fsp3) is 0. The number of nitrogens with zero attached hydrogens (tertiary/aromatic N) is 2. The average molecular weight is 244 g/mol. The minimum absolute atomic E-state index is 0.0799. The SMILES string of the molecule is N#Cc1nc(/C=C/c2ccc(F)cc2)oc1NN. The van der Waals surface area contributed by atoms with E-state index >= 15 is 0 Å². The molecule has 0 spiro atoms. The molecular formula is C12H9FN4O. The number of oxazole rings is 1. The zero-order chi connectivity index (χ0) is 13.0. The van der Waals surface area contributed by atoms with E-state index in [-0.39, 0.29) is 23.3 Å². The Hall–Kier alpha value is -2.65. The zero-order valence-corrected chi connectivity index (χ0v) is 9.22. The standard InChI is InChI=1S/C12H9FN4O/c13-9-4-1-8(2-5-9)3-6-11-16-10(7-14)12(17-15)18-11/h1-6,17H,15H2/b6-3+. The van der Waals surface area contributed by atoms with Crippen LogP contribution in [0.1, 0.15) is 17.1 Å². The number of hydrogen-bond donors (Lipinski definition) is 2. The van der Waals surface area contributed by atoms with Gasteiger partial charge in [-0.3, -0.25) is 5.43 Å². The number of hydrogen-bond acceptors (Lipinski definition) is 5. The first-order valence-electron chi connectivity index (χ1n) is 5.04. The monoisotopic (exact) mass is 244 g/mol. The minimum Gasteiger partial charge on any atom is -0.419 e. The quantitative estimate of drug-likeness (QED) is 0.638. The molecule has 0 saturated carbocycles. The van der Waals surface area contributed by atoms with Crippen LogP contribution in [-0.2, 0) is 0 Å². The number of nitrogens with one attached hydrogen (secondary N) is 1. The summed E-state index contributed by atoms with van der Waals surface area (Å²) in [5.74, 6) is 5.21. The Labute approximate surface area is 102 Å².